The minimum Gasteiger partial charge on any atom is -0.361 e. The monoisotopic (exact) mass is 287 g/mol. The Balaban J connectivity index is 1.83. The molecule has 0 amide bonds. The number of fused-ring (bicyclic) bond motifs is 1. The highest BCUT2D eigenvalue weighted by molar-refractivity contribution is 5.83. The van der Waals surface area contributed by atoms with E-state index < -0.39 is 0 Å². The standard InChI is InChI=1S/C12H17N9/c1-3-4-13-12-18-10(9-11(19-12)16-6-15-9)14-5-8-17-7-21(2)20-8/h6-7H,3-5H2,1-2H3,(H3,13,14,15,16,18,19). The molecule has 0 aliphatic carbocycles. The number of hydrogen-bond acceptors (Lipinski definition) is 7. The molecule has 21 heavy (non-hydrogen) atoms. The van der Waals surface area contributed by atoms with Crippen molar-refractivity contribution in [2.24, 2.45) is 7.05 Å². The van der Waals surface area contributed by atoms with Gasteiger partial charge < -0.3 is 15.6 Å². The molecule has 0 unspecified atom stereocenters. The molecule has 9 nitrogen and oxygen atoms in total. The van der Waals surface area contributed by atoms with Crippen molar-refractivity contribution in [2.45, 2.75) is 19.9 Å². The lowest BCUT2D eigenvalue weighted by Crippen LogP contribution is -2.09. The Morgan fingerprint density at radius 1 is 1.24 bits per heavy atom. The Hall–Kier alpha value is -2.71. The van der Waals surface area contributed by atoms with Crippen molar-refractivity contribution in [1.29, 1.82) is 0 Å². The van der Waals surface area contributed by atoms with Crippen molar-refractivity contribution in [1.82, 2.24) is 34.7 Å². The lowest BCUT2D eigenvalue weighted by atomic mass is 10.4. The van der Waals surface area contributed by atoms with E-state index in [1.807, 2.05) is 7.05 Å². The normalized spacial score (nSPS) is 11.0. The third-order valence-corrected chi connectivity index (χ3v) is 2.88. The maximum absolute atomic E-state index is 4.47. The van der Waals surface area contributed by atoms with Gasteiger partial charge in [0.2, 0.25) is 5.95 Å². The van der Waals surface area contributed by atoms with Gasteiger partial charge in [-0.2, -0.15) is 15.1 Å². The van der Waals surface area contributed by atoms with Gasteiger partial charge in [-0.3, -0.25) is 4.68 Å². The number of H-pyrrole nitrogens is 1. The summed E-state index contributed by atoms with van der Waals surface area (Å²) < 4.78 is 1.66. The van der Waals surface area contributed by atoms with Gasteiger partial charge in [0.15, 0.2) is 17.3 Å². The number of aromatic amines is 1. The van der Waals surface area contributed by atoms with E-state index in [1.165, 1.54) is 0 Å². The van der Waals surface area contributed by atoms with Crippen LogP contribution in [-0.4, -0.2) is 41.2 Å². The molecular formula is C12H17N9. The fraction of sp³-hybridized carbons (Fsp3) is 0.417. The fourth-order valence-electron chi connectivity index (χ4n) is 1.90. The average molecular weight is 287 g/mol. The minimum atomic E-state index is 0.485. The largest absolute Gasteiger partial charge is 0.361 e. The van der Waals surface area contributed by atoms with E-state index in [9.17, 15) is 0 Å². The molecule has 9 heteroatoms. The van der Waals surface area contributed by atoms with Gasteiger partial charge in [-0.1, -0.05) is 6.92 Å². The number of aromatic nitrogens is 7. The van der Waals surface area contributed by atoms with Gasteiger partial charge in [0.1, 0.15) is 11.8 Å². The lowest BCUT2D eigenvalue weighted by Gasteiger charge is -2.07. The molecule has 0 spiro atoms. The number of nitrogens with one attached hydrogen (secondary N) is 3. The van der Waals surface area contributed by atoms with Crippen LogP contribution in [0.15, 0.2) is 12.7 Å². The number of imidazole rings is 1. The number of aryl methyl sites for hydroxylation is 1. The molecule has 0 bridgehead atoms. The number of nitrogens with zero attached hydrogens (tertiary/aromatic N) is 6. The van der Waals surface area contributed by atoms with E-state index in [0.29, 0.717) is 29.8 Å². The predicted octanol–water partition coefficient (Wildman–Crippen LogP) is 0.915. The summed E-state index contributed by atoms with van der Waals surface area (Å²) in [5.74, 6) is 1.95. The molecule has 0 aromatic carbocycles. The smallest absolute Gasteiger partial charge is 0.226 e. The first-order valence-corrected chi connectivity index (χ1v) is 6.79. The van der Waals surface area contributed by atoms with E-state index in [0.717, 1.165) is 18.5 Å². The Kier molecular flexibility index (Phi) is 3.63. The van der Waals surface area contributed by atoms with Crippen LogP contribution in [-0.2, 0) is 13.6 Å². The minimum absolute atomic E-state index is 0.485. The molecule has 3 heterocycles. The van der Waals surface area contributed by atoms with Crippen molar-refractivity contribution >= 4 is 22.9 Å². The summed E-state index contributed by atoms with van der Waals surface area (Å²) in [6, 6.07) is 0. The quantitative estimate of drug-likeness (QED) is 0.618. The summed E-state index contributed by atoms with van der Waals surface area (Å²) in [6.07, 6.45) is 4.27. The van der Waals surface area contributed by atoms with Gasteiger partial charge in [-0.15, -0.1) is 0 Å². The van der Waals surface area contributed by atoms with Gasteiger partial charge >= 0.3 is 0 Å². The van der Waals surface area contributed by atoms with Crippen molar-refractivity contribution in [2.75, 3.05) is 17.2 Å². The molecule has 3 aromatic rings. The summed E-state index contributed by atoms with van der Waals surface area (Å²) in [5.41, 5.74) is 1.40. The van der Waals surface area contributed by atoms with Crippen LogP contribution in [0.25, 0.3) is 11.2 Å². The molecule has 0 radical (unpaired) electrons. The third-order valence-electron chi connectivity index (χ3n) is 2.88. The summed E-state index contributed by atoms with van der Waals surface area (Å²) in [5, 5.41) is 10.6. The second-order valence-corrected chi connectivity index (χ2v) is 4.61. The molecule has 0 saturated heterocycles. The van der Waals surface area contributed by atoms with Crippen molar-refractivity contribution in [3.63, 3.8) is 0 Å². The Bertz CT molecular complexity index is 729. The molecule has 0 atom stereocenters. The van der Waals surface area contributed by atoms with E-state index in [1.54, 1.807) is 17.3 Å². The zero-order valence-corrected chi connectivity index (χ0v) is 12.0. The highest BCUT2D eigenvalue weighted by Crippen LogP contribution is 2.18. The third kappa shape index (κ3) is 2.91. The van der Waals surface area contributed by atoms with E-state index >= 15 is 0 Å². The van der Waals surface area contributed by atoms with Crippen LogP contribution >= 0.6 is 0 Å². The summed E-state index contributed by atoms with van der Waals surface area (Å²) >= 11 is 0. The zero-order chi connectivity index (χ0) is 14.7. The number of rotatable bonds is 6. The van der Waals surface area contributed by atoms with Gasteiger partial charge in [-0.25, -0.2) is 9.97 Å². The summed E-state index contributed by atoms with van der Waals surface area (Å²) in [7, 11) is 1.83. The Labute approximate surface area is 121 Å². The van der Waals surface area contributed by atoms with Crippen molar-refractivity contribution in [3.8, 4) is 0 Å². The van der Waals surface area contributed by atoms with Crippen molar-refractivity contribution in [3.05, 3.63) is 18.5 Å². The highest BCUT2D eigenvalue weighted by atomic mass is 15.3. The molecule has 0 fully saturated rings. The van der Waals surface area contributed by atoms with Gasteiger partial charge in [-0.05, 0) is 6.42 Å². The van der Waals surface area contributed by atoms with E-state index in [2.05, 4.69) is 47.6 Å². The molecule has 0 saturated carbocycles. The highest BCUT2D eigenvalue weighted by Gasteiger charge is 2.10. The zero-order valence-electron chi connectivity index (χ0n) is 12.0. The van der Waals surface area contributed by atoms with Crippen LogP contribution in [0.3, 0.4) is 0 Å². The summed E-state index contributed by atoms with van der Waals surface area (Å²) in [4.78, 5) is 20.2. The maximum atomic E-state index is 4.47. The van der Waals surface area contributed by atoms with Crippen LogP contribution in [0.4, 0.5) is 11.8 Å². The Morgan fingerprint density at radius 2 is 2.14 bits per heavy atom. The average Bonchev–Trinajstić information content (AvgIpc) is 3.11. The second-order valence-electron chi connectivity index (χ2n) is 4.61. The number of anilines is 2. The van der Waals surface area contributed by atoms with Crippen molar-refractivity contribution < 1.29 is 0 Å². The van der Waals surface area contributed by atoms with E-state index in [-0.39, 0.29) is 0 Å². The molecule has 110 valence electrons. The topological polar surface area (TPSA) is 109 Å². The molecule has 0 aliphatic rings. The van der Waals surface area contributed by atoms with Crippen LogP contribution in [0.2, 0.25) is 0 Å². The first-order valence-electron chi connectivity index (χ1n) is 6.79. The first kappa shape index (κ1) is 13.3. The molecule has 3 rings (SSSR count). The maximum Gasteiger partial charge on any atom is 0.226 e. The Morgan fingerprint density at radius 3 is 2.90 bits per heavy atom. The predicted molar refractivity (Wildman–Crippen MR) is 78.8 cm³/mol. The summed E-state index contributed by atoms with van der Waals surface area (Å²) in [6.45, 7) is 3.39. The molecule has 0 aliphatic heterocycles. The van der Waals surface area contributed by atoms with Gasteiger partial charge in [0.25, 0.3) is 0 Å². The molecular weight excluding hydrogens is 270 g/mol. The fourth-order valence-corrected chi connectivity index (χ4v) is 1.90. The van der Waals surface area contributed by atoms with E-state index in [4.69, 9.17) is 0 Å². The SMILES string of the molecule is CCCNc1nc(NCc2ncn(C)n2)c2[nH]cnc2n1. The molecule has 3 N–H and O–H groups in total. The van der Waals surface area contributed by atoms with Gasteiger partial charge in [0, 0.05) is 13.6 Å². The number of hydrogen-bond donors (Lipinski definition) is 3. The van der Waals surface area contributed by atoms with Crippen LogP contribution < -0.4 is 10.6 Å². The van der Waals surface area contributed by atoms with Gasteiger partial charge in [0.05, 0.1) is 12.9 Å². The second kappa shape index (κ2) is 5.73. The molecule has 3 aromatic heterocycles. The van der Waals surface area contributed by atoms with Crippen LogP contribution in [0.5, 0.6) is 0 Å². The lowest BCUT2D eigenvalue weighted by molar-refractivity contribution is 0.747. The first-order chi connectivity index (χ1) is 10.3. The van der Waals surface area contributed by atoms with Crippen LogP contribution in [0, 0.1) is 0 Å². The van der Waals surface area contributed by atoms with Crippen LogP contribution in [0.1, 0.15) is 19.2 Å².